The molecule has 0 bridgehead atoms. The number of nitrogens with two attached hydrogens (primary N) is 4. The molecule has 0 aromatic heterocycles. The Labute approximate surface area is 231 Å². The third kappa shape index (κ3) is 5.91. The topological polar surface area (TPSA) is 145 Å². The number of alkyl halides is 6. The minimum Gasteiger partial charge on any atom is -0.506 e. The second-order valence-corrected chi connectivity index (χ2v) is 9.44. The second-order valence-electron chi connectivity index (χ2n) is 9.44. The number of aromatic hydroxyl groups is 2. The van der Waals surface area contributed by atoms with Crippen molar-refractivity contribution in [3.63, 3.8) is 0 Å². The summed E-state index contributed by atoms with van der Waals surface area (Å²) in [7, 11) is 0. The Morgan fingerprint density at radius 3 is 1.10 bits per heavy atom. The Morgan fingerprint density at radius 1 is 0.488 bits per heavy atom. The smallest absolute Gasteiger partial charge is 0.411 e. The predicted molar refractivity (Wildman–Crippen MR) is 148 cm³/mol. The molecule has 0 aliphatic rings. The van der Waals surface area contributed by atoms with E-state index in [4.69, 9.17) is 22.9 Å². The Bertz CT molecular complexity index is 1450. The molecule has 0 radical (unpaired) electrons. The van der Waals surface area contributed by atoms with Crippen LogP contribution >= 0.6 is 0 Å². The van der Waals surface area contributed by atoms with Gasteiger partial charge in [-0.25, -0.2) is 0 Å². The molecule has 6 nitrogen and oxygen atoms in total. The lowest BCUT2D eigenvalue weighted by molar-refractivity contribution is -0.288. The Hall–Kier alpha value is -4.74. The van der Waals surface area contributed by atoms with Crippen molar-refractivity contribution < 1.29 is 36.6 Å². The predicted octanol–water partition coefficient (Wildman–Crippen LogP) is 6.81. The lowest BCUT2D eigenvalue weighted by Crippen LogP contribution is -2.54. The van der Waals surface area contributed by atoms with E-state index in [9.17, 15) is 36.6 Å². The number of hydrogen-bond donors (Lipinski definition) is 6. The monoisotopic (exact) mass is 578 g/mol. The Kier molecular flexibility index (Phi) is 8.28. The van der Waals surface area contributed by atoms with Crippen molar-refractivity contribution in [2.24, 2.45) is 0 Å². The first-order valence-corrected chi connectivity index (χ1v) is 11.9. The van der Waals surface area contributed by atoms with Gasteiger partial charge in [-0.15, -0.1) is 0 Å². The molecular weight excluding hydrogens is 550 g/mol. The molecule has 10 N–H and O–H groups in total. The maximum Gasteiger partial charge on any atom is 0.411 e. The number of hydrogen-bond acceptors (Lipinski definition) is 6. The minimum absolute atomic E-state index is 0.0221. The first-order valence-electron chi connectivity index (χ1n) is 11.9. The van der Waals surface area contributed by atoms with Crippen LogP contribution in [0.5, 0.6) is 11.5 Å². The van der Waals surface area contributed by atoms with Gasteiger partial charge in [0.15, 0.2) is 0 Å². The Balaban J connectivity index is 0.000000248. The van der Waals surface area contributed by atoms with Crippen molar-refractivity contribution in [1.29, 1.82) is 0 Å². The molecule has 0 aliphatic carbocycles. The summed E-state index contributed by atoms with van der Waals surface area (Å²) in [5.41, 5.74) is 18.5. The fourth-order valence-electron chi connectivity index (χ4n) is 4.18. The molecule has 0 fully saturated rings. The van der Waals surface area contributed by atoms with E-state index in [0.717, 1.165) is 35.4 Å². The molecule has 4 rings (SSSR count). The first-order chi connectivity index (χ1) is 18.9. The number of anilines is 4. The zero-order chi connectivity index (χ0) is 30.9. The van der Waals surface area contributed by atoms with E-state index < -0.39 is 28.9 Å². The van der Waals surface area contributed by atoms with Crippen molar-refractivity contribution in [1.82, 2.24) is 0 Å². The van der Waals surface area contributed by atoms with Crippen molar-refractivity contribution in [2.75, 3.05) is 22.9 Å². The highest BCUT2D eigenvalue weighted by molar-refractivity contribution is 5.73. The quantitative estimate of drug-likeness (QED) is 0.0895. The van der Waals surface area contributed by atoms with Crippen molar-refractivity contribution in [3.05, 3.63) is 95.1 Å². The van der Waals surface area contributed by atoms with Crippen LogP contribution in [0, 0.1) is 13.8 Å². The molecule has 4 aromatic carbocycles. The van der Waals surface area contributed by atoms with E-state index in [-0.39, 0.29) is 22.9 Å². The molecule has 0 unspecified atom stereocenters. The van der Waals surface area contributed by atoms with Gasteiger partial charge in [-0.1, -0.05) is 36.4 Å². The van der Waals surface area contributed by atoms with Gasteiger partial charge < -0.3 is 33.1 Å². The fraction of sp³-hybridized carbons (Fsp3) is 0.172. The number of phenols is 2. The fourth-order valence-corrected chi connectivity index (χ4v) is 4.18. The number of phenolic OH excluding ortho intramolecular Hbond substituents is 2. The molecule has 0 atom stereocenters. The van der Waals surface area contributed by atoms with Crippen LogP contribution in [0.1, 0.15) is 22.3 Å². The molecular formula is C29H28F6N4O2. The van der Waals surface area contributed by atoms with Gasteiger partial charge in [0.25, 0.3) is 0 Å². The summed E-state index contributed by atoms with van der Waals surface area (Å²) in [6.07, 6.45) is -11.3. The van der Waals surface area contributed by atoms with Crippen LogP contribution in [-0.2, 0) is 5.41 Å². The van der Waals surface area contributed by atoms with E-state index in [1.165, 1.54) is 13.8 Å². The number of halogens is 6. The third-order valence-electron chi connectivity index (χ3n) is 6.67. The second kappa shape index (κ2) is 11.0. The average Bonchev–Trinajstić information content (AvgIpc) is 2.86. The van der Waals surface area contributed by atoms with Gasteiger partial charge in [-0.2, -0.15) is 26.3 Å². The van der Waals surface area contributed by atoms with Gasteiger partial charge in [-0.05, 0) is 83.6 Å². The van der Waals surface area contributed by atoms with Gasteiger partial charge in [0.05, 0.1) is 11.4 Å². The summed E-state index contributed by atoms with van der Waals surface area (Å²) < 4.78 is 83.4. The first kappa shape index (κ1) is 30.8. The molecule has 0 saturated heterocycles. The summed E-state index contributed by atoms with van der Waals surface area (Å²) in [6, 6.07) is 15.1. The SMILES string of the molecule is Cc1ccc(C(c2ccc(C)c(N)c2)(C(F)(F)F)C(F)(F)F)cc1N.Nc1ccc(-c2ccc(N)c(O)c2)cc1O. The van der Waals surface area contributed by atoms with Gasteiger partial charge in [-0.3, -0.25) is 0 Å². The van der Waals surface area contributed by atoms with Gasteiger partial charge in [0.2, 0.25) is 5.41 Å². The van der Waals surface area contributed by atoms with Gasteiger partial charge in [0.1, 0.15) is 11.5 Å². The summed E-state index contributed by atoms with van der Waals surface area (Å²) in [6.45, 7) is 2.98. The van der Waals surface area contributed by atoms with E-state index in [1.807, 2.05) is 0 Å². The van der Waals surface area contributed by atoms with E-state index in [2.05, 4.69) is 0 Å². The number of aryl methyl sites for hydroxylation is 2. The normalized spacial score (nSPS) is 12.0. The highest BCUT2D eigenvalue weighted by atomic mass is 19.4. The number of benzene rings is 4. The van der Waals surface area contributed by atoms with E-state index in [1.54, 1.807) is 36.4 Å². The van der Waals surface area contributed by atoms with Crippen LogP contribution in [0.25, 0.3) is 11.1 Å². The van der Waals surface area contributed by atoms with E-state index in [0.29, 0.717) is 34.6 Å². The van der Waals surface area contributed by atoms with Gasteiger partial charge >= 0.3 is 12.4 Å². The number of rotatable bonds is 3. The largest absolute Gasteiger partial charge is 0.506 e. The summed E-state index contributed by atoms with van der Waals surface area (Å²) in [5, 5.41) is 18.9. The maximum absolute atomic E-state index is 13.9. The Morgan fingerprint density at radius 2 is 0.829 bits per heavy atom. The average molecular weight is 579 g/mol. The summed E-state index contributed by atoms with van der Waals surface area (Å²) >= 11 is 0. The molecule has 0 amide bonds. The lowest BCUT2D eigenvalue weighted by Gasteiger charge is -2.38. The van der Waals surface area contributed by atoms with Crippen molar-refractivity contribution in [2.45, 2.75) is 31.6 Å². The molecule has 4 aromatic rings. The summed E-state index contributed by atoms with van der Waals surface area (Å²) in [5.74, 6) is 0.0441. The minimum atomic E-state index is -5.66. The third-order valence-corrected chi connectivity index (χ3v) is 6.67. The molecule has 0 saturated carbocycles. The zero-order valence-electron chi connectivity index (χ0n) is 21.9. The van der Waals surface area contributed by atoms with E-state index >= 15 is 0 Å². The van der Waals surface area contributed by atoms with Crippen molar-refractivity contribution in [3.8, 4) is 22.6 Å². The van der Waals surface area contributed by atoms with Crippen LogP contribution in [0.3, 0.4) is 0 Å². The molecule has 12 heteroatoms. The number of nitrogen functional groups attached to an aromatic ring is 4. The lowest BCUT2D eigenvalue weighted by atomic mass is 9.72. The molecule has 0 aliphatic heterocycles. The highest BCUT2D eigenvalue weighted by Crippen LogP contribution is 2.56. The molecule has 41 heavy (non-hydrogen) atoms. The van der Waals surface area contributed by atoms with Crippen molar-refractivity contribution >= 4 is 22.7 Å². The summed E-state index contributed by atoms with van der Waals surface area (Å²) in [4.78, 5) is 0. The molecule has 0 heterocycles. The van der Waals surface area contributed by atoms with Crippen LogP contribution in [0.2, 0.25) is 0 Å². The van der Waals surface area contributed by atoms with Crippen LogP contribution in [-0.4, -0.2) is 22.6 Å². The van der Waals surface area contributed by atoms with Crippen LogP contribution < -0.4 is 22.9 Å². The maximum atomic E-state index is 13.9. The van der Waals surface area contributed by atoms with Gasteiger partial charge in [0, 0.05) is 11.4 Å². The molecule has 0 spiro atoms. The zero-order valence-corrected chi connectivity index (χ0v) is 21.9. The van der Waals surface area contributed by atoms with Crippen LogP contribution in [0.4, 0.5) is 49.1 Å². The van der Waals surface area contributed by atoms with Crippen LogP contribution in [0.15, 0.2) is 72.8 Å². The highest BCUT2D eigenvalue weighted by Gasteiger charge is 2.72. The standard InChI is InChI=1S/C17H16F6N2.C12H12N2O2/c1-9-3-5-11(7-13(9)24)15(16(18,19)20,17(21,22)23)12-6-4-10(2)14(25)8-12;13-9-3-1-7(5-11(9)15)8-2-4-10(14)12(16)6-8/h3-8H,24-25H2,1-2H3;1-6,15-16H,13-14H2. The molecule has 218 valence electrons.